The van der Waals surface area contributed by atoms with Gasteiger partial charge in [-0.2, -0.15) is 0 Å². The molecule has 1 amide bonds. The topological polar surface area (TPSA) is 92.4 Å². The number of nitrogens with zero attached hydrogens (tertiary/aromatic N) is 1. The van der Waals surface area contributed by atoms with Crippen LogP contribution in [0.2, 0.25) is 0 Å². The highest BCUT2D eigenvalue weighted by Gasteiger charge is 2.23. The molecular weight excluding hydrogens is 248 g/mol. The Kier molecular flexibility index (Phi) is 3.25. The number of carbonyl (C=O) groups is 2. The van der Waals surface area contributed by atoms with Crippen molar-refractivity contribution in [1.29, 1.82) is 0 Å². The fraction of sp³-hybridized carbons (Fsp3) is 0.308. The van der Waals surface area contributed by atoms with Gasteiger partial charge in [0.15, 0.2) is 12.0 Å². The van der Waals surface area contributed by atoms with Crippen LogP contribution in [0.4, 0.5) is 0 Å². The monoisotopic (exact) mass is 262 g/mol. The van der Waals surface area contributed by atoms with Crippen molar-refractivity contribution in [2.75, 3.05) is 6.54 Å². The molecular formula is C13H14N2O4. The van der Waals surface area contributed by atoms with Crippen molar-refractivity contribution in [3.8, 4) is 0 Å². The van der Waals surface area contributed by atoms with Crippen LogP contribution in [-0.4, -0.2) is 28.5 Å². The second-order valence-corrected chi connectivity index (χ2v) is 4.91. The van der Waals surface area contributed by atoms with E-state index in [1.54, 1.807) is 0 Å². The van der Waals surface area contributed by atoms with Crippen molar-refractivity contribution < 1.29 is 19.1 Å². The third-order valence-corrected chi connectivity index (χ3v) is 3.00. The van der Waals surface area contributed by atoms with Crippen LogP contribution in [0.5, 0.6) is 0 Å². The number of hydrogen-bond donors (Lipinski definition) is 2. The predicted octanol–water partition coefficient (Wildman–Crippen LogP) is 1.31. The van der Waals surface area contributed by atoms with Crippen LogP contribution in [-0.2, 0) is 15.0 Å². The standard InChI is InChI=1S/C13H14N2O4/c1-13(2,6-14-11(16)12(17)18)8-3-4-9-10(5-8)19-7-15-9/h3-5,7H,6H2,1-2H3,(H,14,16)(H,17,18). The molecule has 0 fully saturated rings. The summed E-state index contributed by atoms with van der Waals surface area (Å²) in [5, 5.41) is 10.9. The van der Waals surface area contributed by atoms with Crippen molar-refractivity contribution >= 4 is 23.0 Å². The molecule has 100 valence electrons. The summed E-state index contributed by atoms with van der Waals surface area (Å²) in [7, 11) is 0. The van der Waals surface area contributed by atoms with E-state index in [2.05, 4.69) is 10.3 Å². The fourth-order valence-electron chi connectivity index (χ4n) is 1.75. The molecule has 0 spiro atoms. The lowest BCUT2D eigenvalue weighted by atomic mass is 9.84. The van der Waals surface area contributed by atoms with Gasteiger partial charge in [0.25, 0.3) is 0 Å². The summed E-state index contributed by atoms with van der Waals surface area (Å²) in [6.45, 7) is 4.04. The summed E-state index contributed by atoms with van der Waals surface area (Å²) in [5.41, 5.74) is 1.94. The lowest BCUT2D eigenvalue weighted by Gasteiger charge is -2.25. The van der Waals surface area contributed by atoms with Crippen LogP contribution in [0.3, 0.4) is 0 Å². The molecule has 0 radical (unpaired) electrons. The third-order valence-electron chi connectivity index (χ3n) is 3.00. The van der Waals surface area contributed by atoms with Gasteiger partial charge >= 0.3 is 11.9 Å². The smallest absolute Gasteiger partial charge is 0.394 e. The van der Waals surface area contributed by atoms with Crippen molar-refractivity contribution in [2.24, 2.45) is 0 Å². The molecule has 2 aromatic rings. The minimum atomic E-state index is -1.48. The Morgan fingerprint density at radius 3 is 2.84 bits per heavy atom. The maximum absolute atomic E-state index is 11.1. The van der Waals surface area contributed by atoms with E-state index >= 15 is 0 Å². The van der Waals surface area contributed by atoms with E-state index < -0.39 is 17.3 Å². The molecule has 1 aromatic carbocycles. The summed E-state index contributed by atoms with van der Waals surface area (Å²) in [6, 6.07) is 5.56. The number of aromatic nitrogens is 1. The Morgan fingerprint density at radius 2 is 2.16 bits per heavy atom. The molecule has 19 heavy (non-hydrogen) atoms. The molecule has 2 rings (SSSR count). The van der Waals surface area contributed by atoms with Crippen molar-refractivity contribution in [1.82, 2.24) is 10.3 Å². The van der Waals surface area contributed by atoms with Gasteiger partial charge in [-0.1, -0.05) is 19.9 Å². The second-order valence-electron chi connectivity index (χ2n) is 4.91. The minimum Gasteiger partial charge on any atom is -0.474 e. The summed E-state index contributed by atoms with van der Waals surface area (Å²) in [4.78, 5) is 25.5. The van der Waals surface area contributed by atoms with Gasteiger partial charge in [0, 0.05) is 12.0 Å². The molecule has 2 N–H and O–H groups in total. The number of rotatable bonds is 3. The predicted molar refractivity (Wildman–Crippen MR) is 67.7 cm³/mol. The van der Waals surface area contributed by atoms with E-state index in [0.717, 1.165) is 11.1 Å². The Labute approximate surface area is 109 Å². The van der Waals surface area contributed by atoms with Crippen molar-refractivity contribution in [3.05, 3.63) is 30.2 Å². The number of carbonyl (C=O) groups excluding carboxylic acids is 1. The van der Waals surface area contributed by atoms with E-state index in [1.165, 1.54) is 6.39 Å². The van der Waals surface area contributed by atoms with E-state index in [0.29, 0.717) is 5.58 Å². The molecule has 0 saturated heterocycles. The average Bonchev–Trinajstić information content (AvgIpc) is 2.82. The van der Waals surface area contributed by atoms with Crippen molar-refractivity contribution in [3.63, 3.8) is 0 Å². The molecule has 0 unspecified atom stereocenters. The maximum Gasteiger partial charge on any atom is 0.394 e. The Bertz CT molecular complexity index is 630. The van der Waals surface area contributed by atoms with Crippen LogP contribution < -0.4 is 5.32 Å². The SMILES string of the molecule is CC(C)(CNC(=O)C(=O)O)c1ccc2ncoc2c1. The fourth-order valence-corrected chi connectivity index (χ4v) is 1.75. The van der Waals surface area contributed by atoms with E-state index in [9.17, 15) is 9.59 Å². The highest BCUT2D eigenvalue weighted by molar-refractivity contribution is 6.31. The molecule has 1 heterocycles. The minimum absolute atomic E-state index is 0.220. The van der Waals surface area contributed by atoms with E-state index in [4.69, 9.17) is 9.52 Å². The van der Waals surface area contributed by atoms with E-state index in [-0.39, 0.29) is 6.54 Å². The Hall–Kier alpha value is -2.37. The van der Waals surface area contributed by atoms with Crippen molar-refractivity contribution in [2.45, 2.75) is 19.3 Å². The van der Waals surface area contributed by atoms with E-state index in [1.807, 2.05) is 32.0 Å². The normalized spacial score (nSPS) is 11.5. The molecule has 0 aliphatic heterocycles. The first-order valence-electron chi connectivity index (χ1n) is 5.75. The molecule has 0 saturated carbocycles. The molecule has 1 aromatic heterocycles. The number of amides is 1. The molecule has 0 aliphatic rings. The van der Waals surface area contributed by atoms with Crippen LogP contribution in [0.15, 0.2) is 29.0 Å². The van der Waals surface area contributed by atoms with Gasteiger partial charge in [0.1, 0.15) is 5.52 Å². The maximum atomic E-state index is 11.1. The number of carboxylic acid groups (broad SMARTS) is 1. The number of fused-ring (bicyclic) bond motifs is 1. The zero-order valence-electron chi connectivity index (χ0n) is 10.6. The van der Waals surface area contributed by atoms with Crippen LogP contribution in [0, 0.1) is 0 Å². The van der Waals surface area contributed by atoms with Crippen LogP contribution in [0.25, 0.3) is 11.1 Å². The van der Waals surface area contributed by atoms with Gasteiger partial charge in [-0.05, 0) is 17.7 Å². The first kappa shape index (κ1) is 13.1. The van der Waals surface area contributed by atoms with Gasteiger partial charge in [-0.15, -0.1) is 0 Å². The zero-order valence-corrected chi connectivity index (χ0v) is 10.6. The first-order valence-corrected chi connectivity index (χ1v) is 5.75. The molecule has 0 bridgehead atoms. The van der Waals surface area contributed by atoms with Gasteiger partial charge in [0.2, 0.25) is 0 Å². The zero-order chi connectivity index (χ0) is 14.0. The lowest BCUT2D eigenvalue weighted by Crippen LogP contribution is -2.39. The number of nitrogens with one attached hydrogen (secondary N) is 1. The first-order chi connectivity index (χ1) is 8.90. The highest BCUT2D eigenvalue weighted by atomic mass is 16.4. The summed E-state index contributed by atoms with van der Waals surface area (Å²) in [6.07, 6.45) is 1.37. The number of hydrogen-bond acceptors (Lipinski definition) is 4. The largest absolute Gasteiger partial charge is 0.474 e. The highest BCUT2D eigenvalue weighted by Crippen LogP contribution is 2.25. The number of aliphatic carboxylic acids is 1. The van der Waals surface area contributed by atoms with Gasteiger partial charge in [-0.3, -0.25) is 4.79 Å². The molecule has 6 heteroatoms. The van der Waals surface area contributed by atoms with Gasteiger partial charge in [0.05, 0.1) is 0 Å². The third kappa shape index (κ3) is 2.73. The molecule has 6 nitrogen and oxygen atoms in total. The quantitative estimate of drug-likeness (QED) is 0.813. The lowest BCUT2D eigenvalue weighted by molar-refractivity contribution is -0.150. The van der Waals surface area contributed by atoms with Crippen LogP contribution >= 0.6 is 0 Å². The summed E-state index contributed by atoms with van der Waals surface area (Å²) in [5.74, 6) is -2.49. The molecule has 0 aliphatic carbocycles. The number of benzene rings is 1. The second kappa shape index (κ2) is 4.72. The summed E-state index contributed by atoms with van der Waals surface area (Å²) < 4.78 is 5.22. The summed E-state index contributed by atoms with van der Waals surface area (Å²) >= 11 is 0. The van der Waals surface area contributed by atoms with Gasteiger partial charge < -0.3 is 14.8 Å². The van der Waals surface area contributed by atoms with Gasteiger partial charge in [-0.25, -0.2) is 9.78 Å². The number of carboxylic acids is 1. The Morgan fingerprint density at radius 1 is 1.42 bits per heavy atom. The average molecular weight is 262 g/mol. The molecule has 0 atom stereocenters. The Balaban J connectivity index is 2.18. The number of oxazole rings is 1. The van der Waals surface area contributed by atoms with Crippen LogP contribution in [0.1, 0.15) is 19.4 Å².